The molecule has 1 aliphatic rings. The Bertz CT molecular complexity index is 623. The summed E-state index contributed by atoms with van der Waals surface area (Å²) >= 11 is 0. The zero-order valence-corrected chi connectivity index (χ0v) is 14.4. The van der Waals surface area contributed by atoms with Crippen LogP contribution in [0.5, 0.6) is 0 Å². The van der Waals surface area contributed by atoms with Crippen LogP contribution in [0.2, 0.25) is 0 Å². The van der Waals surface area contributed by atoms with Crippen molar-refractivity contribution in [3.05, 3.63) is 35.4 Å². The molecule has 4 N–H and O–H groups in total. The number of hydrogen-bond acceptors (Lipinski definition) is 2. The van der Waals surface area contributed by atoms with E-state index >= 15 is 0 Å². The third-order valence-electron chi connectivity index (χ3n) is 4.08. The summed E-state index contributed by atoms with van der Waals surface area (Å²) in [4.78, 5) is 24.0. The quantitative estimate of drug-likeness (QED) is 0.766. The van der Waals surface area contributed by atoms with Crippen molar-refractivity contribution in [2.24, 2.45) is 0 Å². The maximum atomic E-state index is 13.6. The lowest BCUT2D eigenvalue weighted by molar-refractivity contribution is -0.787. The summed E-state index contributed by atoms with van der Waals surface area (Å²) in [6.07, 6.45) is 1.46. The van der Waals surface area contributed by atoms with Crippen LogP contribution in [0.15, 0.2) is 18.2 Å². The van der Waals surface area contributed by atoms with Gasteiger partial charge in [0.1, 0.15) is 17.2 Å². The van der Waals surface area contributed by atoms with Gasteiger partial charge < -0.3 is 10.6 Å². The van der Waals surface area contributed by atoms with E-state index in [1.807, 2.05) is 5.32 Å². The van der Waals surface area contributed by atoms with Crippen molar-refractivity contribution in [2.75, 3.05) is 0 Å². The first-order valence-electron chi connectivity index (χ1n) is 7.92. The molecule has 0 aliphatic carbocycles. The lowest BCUT2D eigenvalue weighted by atomic mass is 9.80. The van der Waals surface area contributed by atoms with E-state index in [2.05, 4.69) is 38.3 Å². The monoisotopic (exact) mass is 340 g/mol. The van der Waals surface area contributed by atoms with Crippen LogP contribution in [0.3, 0.4) is 0 Å². The second-order valence-corrected chi connectivity index (χ2v) is 7.75. The highest BCUT2D eigenvalue weighted by molar-refractivity contribution is 6.04. The second-order valence-electron chi connectivity index (χ2n) is 7.75. The Morgan fingerprint density at radius 2 is 1.58 bits per heavy atom. The van der Waals surface area contributed by atoms with Crippen LogP contribution in [0, 0.1) is 11.6 Å². The van der Waals surface area contributed by atoms with Gasteiger partial charge in [-0.15, -0.1) is 0 Å². The molecule has 0 saturated carbocycles. The number of carbonyl (C=O) groups excluding carboxylic acids is 2. The van der Waals surface area contributed by atoms with Crippen molar-refractivity contribution in [3.8, 4) is 0 Å². The summed E-state index contributed by atoms with van der Waals surface area (Å²) in [6, 6.07) is 2.22. The predicted molar refractivity (Wildman–Crippen MR) is 85.5 cm³/mol. The predicted octanol–water partition coefficient (Wildman–Crippen LogP) is 1.69. The first kappa shape index (κ1) is 18.3. The van der Waals surface area contributed by atoms with E-state index in [4.69, 9.17) is 0 Å². The lowest BCUT2D eigenvalue weighted by Crippen LogP contribution is -3.06. The molecule has 0 spiro atoms. The number of nitrogens with one attached hydrogen (secondary N) is 2. The molecule has 1 fully saturated rings. The number of carbonyl (C=O) groups is 2. The van der Waals surface area contributed by atoms with E-state index in [-0.39, 0.29) is 17.1 Å². The number of rotatable bonds is 2. The normalized spacial score (nSPS) is 19.6. The maximum absolute atomic E-state index is 13.6. The van der Waals surface area contributed by atoms with Gasteiger partial charge in [0.15, 0.2) is 0 Å². The molecule has 3 amide bonds. The van der Waals surface area contributed by atoms with Crippen molar-refractivity contribution in [3.63, 3.8) is 0 Å². The van der Waals surface area contributed by atoms with Crippen LogP contribution < -0.4 is 16.0 Å². The van der Waals surface area contributed by atoms with Crippen LogP contribution in [-0.2, 0) is 0 Å². The minimum absolute atomic E-state index is 0.0542. The Balaban J connectivity index is 2.02. The number of imide groups is 1. The van der Waals surface area contributed by atoms with E-state index in [9.17, 15) is 18.4 Å². The van der Waals surface area contributed by atoms with Crippen molar-refractivity contribution >= 4 is 11.9 Å². The summed E-state index contributed by atoms with van der Waals surface area (Å²) in [6.45, 7) is 8.33. The van der Waals surface area contributed by atoms with Gasteiger partial charge >= 0.3 is 6.03 Å². The van der Waals surface area contributed by atoms with E-state index < -0.39 is 29.1 Å². The zero-order valence-electron chi connectivity index (χ0n) is 14.4. The molecule has 5 nitrogen and oxygen atoms in total. The number of piperidine rings is 1. The van der Waals surface area contributed by atoms with Gasteiger partial charge in [0.2, 0.25) is 0 Å². The van der Waals surface area contributed by atoms with E-state index in [1.165, 1.54) is 0 Å². The third-order valence-corrected chi connectivity index (χ3v) is 4.08. The first-order chi connectivity index (χ1) is 11.0. The number of urea groups is 1. The van der Waals surface area contributed by atoms with Gasteiger partial charge in [0, 0.05) is 18.9 Å². The van der Waals surface area contributed by atoms with Gasteiger partial charge in [-0.2, -0.15) is 0 Å². The molecule has 24 heavy (non-hydrogen) atoms. The van der Waals surface area contributed by atoms with Gasteiger partial charge in [-0.3, -0.25) is 10.1 Å². The Morgan fingerprint density at radius 3 is 2.08 bits per heavy atom. The molecule has 0 atom stereocenters. The standard InChI is InChI=1S/C17H23F2N3O2/c1-16(2)8-10(9-17(3,4)22-16)20-15(24)21-14(23)13-11(18)6-5-7-12(13)19/h5-7,10,22H,8-9H2,1-4H3,(H2,20,21,23,24)/p+1. The number of halogens is 2. The highest BCUT2D eigenvalue weighted by Crippen LogP contribution is 2.21. The van der Waals surface area contributed by atoms with Crippen molar-refractivity contribution < 1.29 is 23.7 Å². The van der Waals surface area contributed by atoms with Crippen molar-refractivity contribution in [1.82, 2.24) is 10.6 Å². The Morgan fingerprint density at radius 1 is 1.08 bits per heavy atom. The van der Waals surface area contributed by atoms with Crippen LogP contribution in [-0.4, -0.2) is 29.1 Å². The topological polar surface area (TPSA) is 74.8 Å². The van der Waals surface area contributed by atoms with Crippen molar-refractivity contribution in [2.45, 2.75) is 57.7 Å². The number of benzene rings is 1. The number of quaternary nitrogens is 1. The van der Waals surface area contributed by atoms with E-state index in [1.54, 1.807) is 0 Å². The maximum Gasteiger partial charge on any atom is 0.321 e. The Hall–Kier alpha value is -2.02. The molecule has 1 saturated heterocycles. The lowest BCUT2D eigenvalue weighted by Gasteiger charge is -2.43. The minimum Gasteiger partial charge on any atom is -0.337 e. The molecule has 1 heterocycles. The molecule has 0 bridgehead atoms. The molecular weight excluding hydrogens is 316 g/mol. The van der Waals surface area contributed by atoms with E-state index in [0.717, 1.165) is 31.0 Å². The Kier molecular flexibility index (Phi) is 4.94. The third kappa shape index (κ3) is 4.50. The average molecular weight is 340 g/mol. The molecule has 1 aromatic carbocycles. The Labute approximate surface area is 140 Å². The molecule has 0 aromatic heterocycles. The molecule has 0 radical (unpaired) electrons. The molecule has 1 aliphatic heterocycles. The summed E-state index contributed by atoms with van der Waals surface area (Å²) in [5, 5.41) is 6.99. The SMILES string of the molecule is CC1(C)CC(NC(=O)NC(=O)c2c(F)cccc2F)CC(C)(C)[NH2+]1. The van der Waals surface area contributed by atoms with Crippen molar-refractivity contribution in [1.29, 1.82) is 0 Å². The summed E-state index contributed by atoms with van der Waals surface area (Å²) in [5.41, 5.74) is -0.867. The van der Waals surface area contributed by atoms with Crippen LogP contribution in [0.1, 0.15) is 50.9 Å². The molecular formula is C17H24F2N3O2+. The molecule has 2 rings (SSSR count). The largest absolute Gasteiger partial charge is 0.337 e. The van der Waals surface area contributed by atoms with Crippen LogP contribution in [0.4, 0.5) is 13.6 Å². The average Bonchev–Trinajstić information content (AvgIpc) is 2.33. The van der Waals surface area contributed by atoms with Crippen LogP contribution >= 0.6 is 0 Å². The van der Waals surface area contributed by atoms with Gasteiger partial charge in [-0.05, 0) is 39.8 Å². The molecule has 132 valence electrons. The smallest absolute Gasteiger partial charge is 0.321 e. The first-order valence-corrected chi connectivity index (χ1v) is 7.92. The minimum atomic E-state index is -1.09. The molecule has 0 unspecified atom stereocenters. The molecule has 1 aromatic rings. The number of hydrogen-bond donors (Lipinski definition) is 3. The van der Waals surface area contributed by atoms with Gasteiger partial charge in [0.25, 0.3) is 5.91 Å². The van der Waals surface area contributed by atoms with Gasteiger partial charge in [0.05, 0.1) is 11.1 Å². The molecule has 7 heteroatoms. The summed E-state index contributed by atoms with van der Waals surface area (Å²) in [5.74, 6) is -3.10. The zero-order chi connectivity index (χ0) is 18.1. The highest BCUT2D eigenvalue weighted by Gasteiger charge is 2.42. The fourth-order valence-electron chi connectivity index (χ4n) is 3.72. The fourth-order valence-corrected chi connectivity index (χ4v) is 3.72. The fraction of sp³-hybridized carbons (Fsp3) is 0.529. The summed E-state index contributed by atoms with van der Waals surface area (Å²) < 4.78 is 27.2. The highest BCUT2D eigenvalue weighted by atomic mass is 19.1. The van der Waals surface area contributed by atoms with Gasteiger partial charge in [-0.25, -0.2) is 13.6 Å². The van der Waals surface area contributed by atoms with Gasteiger partial charge in [-0.1, -0.05) is 6.07 Å². The number of amides is 3. The number of nitrogens with two attached hydrogens (primary N) is 1. The summed E-state index contributed by atoms with van der Waals surface area (Å²) in [7, 11) is 0. The van der Waals surface area contributed by atoms with Crippen LogP contribution in [0.25, 0.3) is 0 Å². The van der Waals surface area contributed by atoms with E-state index in [0.29, 0.717) is 0 Å². The second kappa shape index (κ2) is 6.47.